The van der Waals surface area contributed by atoms with Crippen LogP contribution in [0.25, 0.3) is 0 Å². The highest BCUT2D eigenvalue weighted by Gasteiger charge is 2.10. The molecule has 1 aromatic carbocycles. The maximum absolute atomic E-state index is 10.9. The second-order valence-electron chi connectivity index (χ2n) is 3.45. The van der Waals surface area contributed by atoms with Crippen LogP contribution < -0.4 is 4.74 Å². The van der Waals surface area contributed by atoms with Crippen molar-refractivity contribution in [2.75, 3.05) is 0 Å². The van der Waals surface area contributed by atoms with Crippen LogP contribution in [0, 0.1) is 0 Å². The molecule has 1 N–H and O–H groups in total. The van der Waals surface area contributed by atoms with E-state index in [-0.39, 0.29) is 11.3 Å². The summed E-state index contributed by atoms with van der Waals surface area (Å²) in [4.78, 5) is 14.8. The van der Waals surface area contributed by atoms with Crippen LogP contribution >= 0.6 is 0 Å². The molecule has 0 saturated heterocycles. The largest absolute Gasteiger partial charge is 0.486 e. The molecule has 0 saturated carbocycles. The third-order valence-corrected chi connectivity index (χ3v) is 2.25. The van der Waals surface area contributed by atoms with Gasteiger partial charge in [0.15, 0.2) is 5.75 Å². The molecule has 0 amide bonds. The average Bonchev–Trinajstić information content (AvgIpc) is 2.38. The Labute approximate surface area is 98.5 Å². The Bertz CT molecular complexity index is 511. The third-order valence-electron chi connectivity index (χ3n) is 2.25. The van der Waals surface area contributed by atoms with E-state index in [0.29, 0.717) is 6.61 Å². The molecule has 4 heteroatoms. The normalized spacial score (nSPS) is 9.88. The van der Waals surface area contributed by atoms with Gasteiger partial charge in [0.2, 0.25) is 0 Å². The number of hydrogen-bond acceptors (Lipinski definition) is 3. The number of benzene rings is 1. The lowest BCUT2D eigenvalue weighted by Crippen LogP contribution is -2.03. The number of pyridine rings is 1. The van der Waals surface area contributed by atoms with Crippen molar-refractivity contribution in [1.29, 1.82) is 0 Å². The molecule has 0 spiro atoms. The summed E-state index contributed by atoms with van der Waals surface area (Å²) < 4.78 is 5.44. The Hall–Kier alpha value is -2.36. The predicted octanol–water partition coefficient (Wildman–Crippen LogP) is 2.36. The minimum Gasteiger partial charge on any atom is -0.486 e. The molecule has 0 radical (unpaired) electrons. The van der Waals surface area contributed by atoms with Gasteiger partial charge in [-0.05, 0) is 11.6 Å². The first-order valence-electron chi connectivity index (χ1n) is 5.11. The number of hydrogen-bond donors (Lipinski definition) is 1. The molecule has 86 valence electrons. The van der Waals surface area contributed by atoms with Gasteiger partial charge in [0, 0.05) is 6.20 Å². The van der Waals surface area contributed by atoms with Crippen LogP contribution in [0.15, 0.2) is 48.8 Å². The SMILES string of the molecule is O=C(O)c1ccncc1OCc1ccccc1. The van der Waals surface area contributed by atoms with Crippen LogP contribution in [0.3, 0.4) is 0 Å². The van der Waals surface area contributed by atoms with Crippen LogP contribution in [0.4, 0.5) is 0 Å². The van der Waals surface area contributed by atoms with E-state index in [2.05, 4.69) is 4.98 Å². The van der Waals surface area contributed by atoms with Crippen molar-refractivity contribution in [3.63, 3.8) is 0 Å². The maximum atomic E-state index is 10.9. The summed E-state index contributed by atoms with van der Waals surface area (Å²) in [5.41, 5.74) is 1.10. The molecule has 0 bridgehead atoms. The van der Waals surface area contributed by atoms with Crippen LogP contribution in [-0.4, -0.2) is 16.1 Å². The molecule has 0 aliphatic rings. The minimum atomic E-state index is -1.02. The van der Waals surface area contributed by atoms with E-state index >= 15 is 0 Å². The van der Waals surface area contributed by atoms with Crippen LogP contribution in [0.1, 0.15) is 15.9 Å². The molecular weight excluding hydrogens is 218 g/mol. The van der Waals surface area contributed by atoms with Crippen LogP contribution in [0.5, 0.6) is 5.75 Å². The summed E-state index contributed by atoms with van der Waals surface area (Å²) in [7, 11) is 0. The monoisotopic (exact) mass is 229 g/mol. The number of aromatic nitrogens is 1. The first kappa shape index (κ1) is 11.1. The maximum Gasteiger partial charge on any atom is 0.339 e. The van der Waals surface area contributed by atoms with Gasteiger partial charge in [-0.25, -0.2) is 4.79 Å². The molecule has 0 atom stereocenters. The molecule has 17 heavy (non-hydrogen) atoms. The van der Waals surface area contributed by atoms with Gasteiger partial charge in [-0.15, -0.1) is 0 Å². The zero-order valence-corrected chi connectivity index (χ0v) is 9.04. The van der Waals surface area contributed by atoms with Gasteiger partial charge in [-0.3, -0.25) is 4.98 Å². The second-order valence-corrected chi connectivity index (χ2v) is 3.45. The number of ether oxygens (including phenoxy) is 1. The highest BCUT2D eigenvalue weighted by atomic mass is 16.5. The van der Waals surface area contributed by atoms with Crippen molar-refractivity contribution >= 4 is 5.97 Å². The summed E-state index contributed by atoms with van der Waals surface area (Å²) >= 11 is 0. The van der Waals surface area contributed by atoms with Crippen LogP contribution in [-0.2, 0) is 6.61 Å². The third kappa shape index (κ3) is 2.81. The molecule has 1 heterocycles. The Kier molecular flexibility index (Phi) is 3.35. The summed E-state index contributed by atoms with van der Waals surface area (Å²) in [6, 6.07) is 11.0. The number of nitrogens with zero attached hydrogens (tertiary/aromatic N) is 1. The predicted molar refractivity (Wildman–Crippen MR) is 62.0 cm³/mol. The molecule has 0 unspecified atom stereocenters. The molecule has 0 aliphatic heterocycles. The molecule has 2 rings (SSSR count). The Morgan fingerprint density at radius 2 is 2.00 bits per heavy atom. The summed E-state index contributed by atoms with van der Waals surface area (Å²) in [5, 5.41) is 8.96. The fraction of sp³-hybridized carbons (Fsp3) is 0.0769. The Morgan fingerprint density at radius 1 is 1.24 bits per heavy atom. The standard InChI is InChI=1S/C13H11NO3/c15-13(16)11-6-7-14-8-12(11)17-9-10-4-2-1-3-5-10/h1-8H,9H2,(H,15,16). The Balaban J connectivity index is 2.12. The molecule has 2 aromatic rings. The van der Waals surface area contributed by atoms with E-state index in [0.717, 1.165) is 5.56 Å². The van der Waals surface area contributed by atoms with Gasteiger partial charge in [0.1, 0.15) is 12.2 Å². The molecule has 4 nitrogen and oxygen atoms in total. The fourth-order valence-electron chi connectivity index (χ4n) is 1.41. The van der Waals surface area contributed by atoms with Gasteiger partial charge in [0.25, 0.3) is 0 Å². The Morgan fingerprint density at radius 3 is 2.71 bits per heavy atom. The van der Waals surface area contributed by atoms with Crippen molar-refractivity contribution in [2.45, 2.75) is 6.61 Å². The zero-order chi connectivity index (χ0) is 12.1. The topological polar surface area (TPSA) is 59.4 Å². The smallest absolute Gasteiger partial charge is 0.339 e. The van der Waals surface area contributed by atoms with Gasteiger partial charge < -0.3 is 9.84 Å². The highest BCUT2D eigenvalue weighted by molar-refractivity contribution is 5.90. The molecule has 0 aliphatic carbocycles. The molecular formula is C13H11NO3. The van der Waals surface area contributed by atoms with Crippen LogP contribution in [0.2, 0.25) is 0 Å². The molecule has 1 aromatic heterocycles. The van der Waals surface area contributed by atoms with Gasteiger partial charge in [-0.2, -0.15) is 0 Å². The first-order chi connectivity index (χ1) is 8.27. The van der Waals surface area contributed by atoms with Crippen molar-refractivity contribution in [3.05, 3.63) is 59.9 Å². The number of carbonyl (C=O) groups is 1. The van der Waals surface area contributed by atoms with Crippen molar-refractivity contribution < 1.29 is 14.6 Å². The zero-order valence-electron chi connectivity index (χ0n) is 9.04. The van der Waals surface area contributed by atoms with E-state index in [9.17, 15) is 4.79 Å². The van der Waals surface area contributed by atoms with E-state index in [1.165, 1.54) is 18.5 Å². The lowest BCUT2D eigenvalue weighted by Gasteiger charge is -2.08. The number of carboxylic acids is 1. The van der Waals surface area contributed by atoms with Crippen molar-refractivity contribution in [1.82, 2.24) is 4.98 Å². The molecule has 0 fully saturated rings. The lowest BCUT2D eigenvalue weighted by molar-refractivity contribution is 0.0691. The van der Waals surface area contributed by atoms with E-state index in [1.807, 2.05) is 30.3 Å². The second kappa shape index (κ2) is 5.12. The quantitative estimate of drug-likeness (QED) is 0.874. The van der Waals surface area contributed by atoms with Gasteiger partial charge >= 0.3 is 5.97 Å². The minimum absolute atomic E-state index is 0.121. The van der Waals surface area contributed by atoms with Gasteiger partial charge in [0.05, 0.1) is 6.20 Å². The van der Waals surface area contributed by atoms with Crippen molar-refractivity contribution in [3.8, 4) is 5.75 Å². The van der Waals surface area contributed by atoms with Gasteiger partial charge in [-0.1, -0.05) is 30.3 Å². The summed E-state index contributed by atoms with van der Waals surface area (Å²) in [5.74, 6) is -0.737. The number of aromatic carboxylic acids is 1. The summed E-state index contributed by atoms with van der Waals surface area (Å²) in [6.07, 6.45) is 2.84. The number of rotatable bonds is 4. The lowest BCUT2D eigenvalue weighted by atomic mass is 10.2. The fourth-order valence-corrected chi connectivity index (χ4v) is 1.41. The summed E-state index contributed by atoms with van der Waals surface area (Å²) in [6.45, 7) is 0.326. The first-order valence-corrected chi connectivity index (χ1v) is 5.11. The van der Waals surface area contributed by atoms with E-state index in [4.69, 9.17) is 9.84 Å². The van der Waals surface area contributed by atoms with E-state index < -0.39 is 5.97 Å². The highest BCUT2D eigenvalue weighted by Crippen LogP contribution is 2.17. The number of carboxylic acid groups (broad SMARTS) is 1. The average molecular weight is 229 g/mol. The van der Waals surface area contributed by atoms with E-state index in [1.54, 1.807) is 0 Å². The van der Waals surface area contributed by atoms with Crippen molar-refractivity contribution in [2.24, 2.45) is 0 Å².